The average molecular weight is 170 g/mol. The van der Waals surface area contributed by atoms with E-state index in [9.17, 15) is 14.4 Å². The summed E-state index contributed by atoms with van der Waals surface area (Å²) in [5, 5.41) is 0. The lowest BCUT2D eigenvalue weighted by molar-refractivity contribution is -0.150. The van der Waals surface area contributed by atoms with Crippen LogP contribution < -0.4 is 0 Å². The van der Waals surface area contributed by atoms with E-state index < -0.39 is 11.9 Å². The van der Waals surface area contributed by atoms with Gasteiger partial charge in [-0.15, -0.1) is 0 Å². The van der Waals surface area contributed by atoms with Gasteiger partial charge in [0.25, 0.3) is 0 Å². The van der Waals surface area contributed by atoms with Gasteiger partial charge in [0.05, 0.1) is 0 Å². The van der Waals surface area contributed by atoms with Crippen molar-refractivity contribution < 1.29 is 19.1 Å². The molecule has 0 aliphatic carbocycles. The second kappa shape index (κ2) is 4.43. The van der Waals surface area contributed by atoms with Gasteiger partial charge >= 0.3 is 11.9 Å². The number of cyclic esters (lactones) is 2. The first-order valence-corrected chi connectivity index (χ1v) is 3.35. The normalized spacial score (nSPS) is 14.4. The molecule has 0 saturated carbocycles. The number of carbonyl (C=O) groups is 3. The summed E-state index contributed by atoms with van der Waals surface area (Å²) in [4.78, 5) is 29.9. The van der Waals surface area contributed by atoms with E-state index in [4.69, 9.17) is 0 Å². The fourth-order valence-electron chi connectivity index (χ4n) is 0.437. The van der Waals surface area contributed by atoms with Crippen LogP contribution in [0.15, 0.2) is 11.6 Å². The molecule has 0 radical (unpaired) electrons. The van der Waals surface area contributed by atoms with Crippen LogP contribution in [0, 0.1) is 0 Å². The van der Waals surface area contributed by atoms with Gasteiger partial charge in [0, 0.05) is 11.6 Å². The molecule has 1 aliphatic rings. The van der Waals surface area contributed by atoms with E-state index >= 15 is 0 Å². The predicted molar refractivity (Wildman–Crippen MR) is 41.2 cm³/mol. The van der Waals surface area contributed by atoms with E-state index in [-0.39, 0.29) is 5.78 Å². The van der Waals surface area contributed by atoms with Crippen molar-refractivity contribution in [2.24, 2.45) is 0 Å². The van der Waals surface area contributed by atoms with Crippen molar-refractivity contribution in [1.82, 2.24) is 0 Å². The Balaban J connectivity index is 0.000000261. The van der Waals surface area contributed by atoms with Crippen molar-refractivity contribution >= 4 is 17.7 Å². The van der Waals surface area contributed by atoms with Gasteiger partial charge in [-0.3, -0.25) is 0 Å². The third-order valence-electron chi connectivity index (χ3n) is 0.850. The number of Topliss-reactive ketones (excluding diaryl/α,β-unsaturated/α-hetero) is 1. The summed E-state index contributed by atoms with van der Waals surface area (Å²) in [6, 6.07) is 0. The lowest BCUT2D eigenvalue weighted by atomic mass is 10.3. The van der Waals surface area contributed by atoms with Gasteiger partial charge < -0.3 is 9.53 Å². The second-order valence-corrected chi connectivity index (χ2v) is 2.44. The highest BCUT2D eigenvalue weighted by atomic mass is 16.6. The van der Waals surface area contributed by atoms with Gasteiger partial charge in [-0.2, -0.15) is 0 Å². The summed E-state index contributed by atoms with van der Waals surface area (Å²) < 4.78 is 4.10. The van der Waals surface area contributed by atoms with Crippen LogP contribution in [0.1, 0.15) is 20.8 Å². The maximum Gasteiger partial charge on any atom is 0.341 e. The number of hydrogen-bond acceptors (Lipinski definition) is 4. The molecule has 0 atom stereocenters. The average Bonchev–Trinajstić information content (AvgIpc) is 2.08. The molecule has 0 fully saturated rings. The maximum absolute atomic E-state index is 10.3. The van der Waals surface area contributed by atoms with Crippen LogP contribution in [0.3, 0.4) is 0 Å². The molecule has 0 amide bonds. The van der Waals surface area contributed by atoms with Crippen LogP contribution in [0.4, 0.5) is 0 Å². The smallest absolute Gasteiger partial charge is 0.341 e. The zero-order chi connectivity index (χ0) is 9.72. The molecular weight excluding hydrogens is 160 g/mol. The molecule has 66 valence electrons. The minimum Gasteiger partial charge on any atom is -0.386 e. The minimum absolute atomic E-state index is 0.167. The third kappa shape index (κ3) is 4.38. The first kappa shape index (κ1) is 10.6. The van der Waals surface area contributed by atoms with Crippen LogP contribution in [0.25, 0.3) is 0 Å². The third-order valence-corrected chi connectivity index (χ3v) is 0.850. The monoisotopic (exact) mass is 170 g/mol. The lowest BCUT2D eigenvalue weighted by Gasteiger charge is -1.83. The SMILES string of the molecule is CC(C)=O.CC1=CC(=O)OC1=O. The zero-order valence-corrected chi connectivity index (χ0v) is 7.21. The van der Waals surface area contributed by atoms with E-state index in [0.29, 0.717) is 5.57 Å². The largest absolute Gasteiger partial charge is 0.386 e. The molecule has 0 spiro atoms. The summed E-state index contributed by atoms with van der Waals surface area (Å²) in [5.74, 6) is -0.928. The Morgan fingerprint density at radius 2 is 1.75 bits per heavy atom. The Labute approximate surface area is 70.2 Å². The van der Waals surface area contributed by atoms with Crippen molar-refractivity contribution in [3.63, 3.8) is 0 Å². The van der Waals surface area contributed by atoms with Crippen LogP contribution in [-0.4, -0.2) is 17.7 Å². The summed E-state index contributed by atoms with van der Waals surface area (Å²) in [5.41, 5.74) is 0.370. The Hall–Kier alpha value is -1.45. The van der Waals surface area contributed by atoms with Gasteiger partial charge in [0.2, 0.25) is 0 Å². The predicted octanol–water partition coefficient (Wildman–Crippen LogP) is 0.611. The molecule has 0 unspecified atom stereocenters. The highest BCUT2D eigenvalue weighted by Gasteiger charge is 2.18. The van der Waals surface area contributed by atoms with Gasteiger partial charge in [-0.1, -0.05) is 0 Å². The second-order valence-electron chi connectivity index (χ2n) is 2.44. The van der Waals surface area contributed by atoms with Crippen molar-refractivity contribution in [1.29, 1.82) is 0 Å². The number of hydrogen-bond donors (Lipinski definition) is 0. The maximum atomic E-state index is 10.3. The van der Waals surface area contributed by atoms with Crippen molar-refractivity contribution in [3.05, 3.63) is 11.6 Å². The Bertz CT molecular complexity index is 246. The number of rotatable bonds is 0. The fraction of sp³-hybridized carbons (Fsp3) is 0.375. The summed E-state index contributed by atoms with van der Waals surface area (Å²) in [7, 11) is 0. The first-order valence-electron chi connectivity index (χ1n) is 3.35. The molecule has 1 heterocycles. The molecule has 12 heavy (non-hydrogen) atoms. The summed E-state index contributed by atoms with van der Waals surface area (Å²) in [6.07, 6.45) is 1.17. The van der Waals surface area contributed by atoms with E-state index in [1.807, 2.05) is 0 Å². The van der Waals surface area contributed by atoms with Gasteiger partial charge in [0.1, 0.15) is 5.78 Å². The highest BCUT2D eigenvalue weighted by molar-refractivity contribution is 6.08. The van der Waals surface area contributed by atoms with Gasteiger partial charge in [0.15, 0.2) is 0 Å². The first-order chi connectivity index (χ1) is 5.43. The summed E-state index contributed by atoms with van der Waals surface area (Å²) >= 11 is 0. The molecule has 0 bridgehead atoms. The van der Waals surface area contributed by atoms with Crippen molar-refractivity contribution in [3.8, 4) is 0 Å². The number of ketones is 1. The molecular formula is C8H10O4. The molecule has 0 saturated heterocycles. The number of ether oxygens (including phenoxy) is 1. The molecule has 4 nitrogen and oxygen atoms in total. The Kier molecular flexibility index (Phi) is 3.90. The van der Waals surface area contributed by atoms with Crippen molar-refractivity contribution in [2.45, 2.75) is 20.8 Å². The topological polar surface area (TPSA) is 60.4 Å². The van der Waals surface area contributed by atoms with E-state index in [1.54, 1.807) is 0 Å². The van der Waals surface area contributed by atoms with E-state index in [0.717, 1.165) is 0 Å². The van der Waals surface area contributed by atoms with Gasteiger partial charge in [-0.25, -0.2) is 9.59 Å². The Morgan fingerprint density at radius 1 is 1.33 bits per heavy atom. The Morgan fingerprint density at radius 3 is 1.83 bits per heavy atom. The van der Waals surface area contributed by atoms with Crippen LogP contribution in [0.2, 0.25) is 0 Å². The number of carbonyl (C=O) groups excluding carboxylic acids is 3. The van der Waals surface area contributed by atoms with E-state index in [2.05, 4.69) is 4.74 Å². The molecule has 0 aromatic carbocycles. The number of esters is 2. The molecule has 0 N–H and O–H groups in total. The molecule has 1 aliphatic heterocycles. The minimum atomic E-state index is -0.562. The molecule has 4 heteroatoms. The molecule has 1 rings (SSSR count). The van der Waals surface area contributed by atoms with Crippen LogP contribution in [-0.2, 0) is 19.1 Å². The fourth-order valence-corrected chi connectivity index (χ4v) is 0.437. The molecule has 0 aromatic rings. The zero-order valence-electron chi connectivity index (χ0n) is 7.21. The molecule has 0 aromatic heterocycles. The van der Waals surface area contributed by atoms with Gasteiger partial charge in [-0.05, 0) is 20.8 Å². The van der Waals surface area contributed by atoms with E-state index in [1.165, 1.54) is 26.8 Å². The summed E-state index contributed by atoms with van der Waals surface area (Å²) in [6.45, 7) is 4.59. The van der Waals surface area contributed by atoms with Crippen LogP contribution in [0.5, 0.6) is 0 Å². The van der Waals surface area contributed by atoms with Crippen molar-refractivity contribution in [2.75, 3.05) is 0 Å². The van der Waals surface area contributed by atoms with Crippen LogP contribution >= 0.6 is 0 Å². The standard InChI is InChI=1S/C5H4O3.C3H6O/c1-3-2-4(6)8-5(3)7;1-3(2)4/h2H,1H3;1-2H3. The quantitative estimate of drug-likeness (QED) is 0.394. The lowest BCUT2D eigenvalue weighted by Crippen LogP contribution is -1.99. The highest BCUT2D eigenvalue weighted by Crippen LogP contribution is 2.04.